The molecule has 2 unspecified atom stereocenters. The fourth-order valence-electron chi connectivity index (χ4n) is 4.46. The second kappa shape index (κ2) is 5.11. The number of nitrogens with zero attached hydrogens (tertiary/aromatic N) is 2. The van der Waals surface area contributed by atoms with Gasteiger partial charge in [-0.25, -0.2) is 9.59 Å². The molecule has 0 bridgehead atoms. The van der Waals surface area contributed by atoms with Gasteiger partial charge in [0.25, 0.3) is 0 Å². The zero-order valence-corrected chi connectivity index (χ0v) is 14.7. The minimum Gasteiger partial charge on any atom is -0.480 e. The van der Waals surface area contributed by atoms with Gasteiger partial charge < -0.3 is 20.1 Å². The number of likely N-dealkylation sites (tertiary alicyclic amines) is 1. The fraction of sp³-hybridized carbons (Fsp3) is 0.556. The molecule has 134 valence electrons. The van der Waals surface area contributed by atoms with E-state index in [1.54, 1.807) is 6.07 Å². The lowest BCUT2D eigenvalue weighted by Crippen LogP contribution is -2.45. The molecule has 0 radical (unpaired) electrons. The third-order valence-electron chi connectivity index (χ3n) is 6.01. The van der Waals surface area contributed by atoms with E-state index in [9.17, 15) is 9.59 Å². The largest absolute Gasteiger partial charge is 0.480 e. The standard InChI is InChI=1S/C18H23N3O4/c1-17-8-9-20(2)14(17)21(3)13-5-4-11(10-12(13)17)25-16(24)19-18(6-7-18)15(22)23/h4-5,10,14H,6-9H2,1-3H3,(H,19,24)(H,22,23). The number of aliphatic carboxylic acids is 1. The Morgan fingerprint density at radius 1 is 1.28 bits per heavy atom. The summed E-state index contributed by atoms with van der Waals surface area (Å²) in [5.41, 5.74) is 1.18. The van der Waals surface area contributed by atoms with Gasteiger partial charge in [0, 0.05) is 24.7 Å². The Bertz CT molecular complexity index is 761. The van der Waals surface area contributed by atoms with Crippen LogP contribution in [0.1, 0.15) is 31.7 Å². The lowest BCUT2D eigenvalue weighted by Gasteiger charge is -2.32. The first-order valence-corrected chi connectivity index (χ1v) is 8.58. The van der Waals surface area contributed by atoms with Crippen LogP contribution in [0.4, 0.5) is 10.5 Å². The van der Waals surface area contributed by atoms with Gasteiger partial charge >= 0.3 is 12.1 Å². The first kappa shape index (κ1) is 16.2. The first-order chi connectivity index (χ1) is 11.8. The summed E-state index contributed by atoms with van der Waals surface area (Å²) < 4.78 is 5.38. The zero-order valence-electron chi connectivity index (χ0n) is 14.7. The number of carbonyl (C=O) groups excluding carboxylic acids is 1. The van der Waals surface area contributed by atoms with E-state index in [0.29, 0.717) is 24.8 Å². The Morgan fingerprint density at radius 3 is 2.64 bits per heavy atom. The summed E-state index contributed by atoms with van der Waals surface area (Å²) >= 11 is 0. The SMILES string of the molecule is CN1CCC2(C)c3cc(OC(=O)NC4(C(=O)O)CC4)ccc3N(C)C12. The van der Waals surface area contributed by atoms with Crippen LogP contribution in [0.15, 0.2) is 18.2 Å². The molecule has 2 fully saturated rings. The van der Waals surface area contributed by atoms with Crippen LogP contribution in [0.3, 0.4) is 0 Å². The number of carbonyl (C=O) groups is 2. The maximum absolute atomic E-state index is 12.1. The molecule has 3 aliphatic rings. The monoisotopic (exact) mass is 345 g/mol. The molecule has 7 heteroatoms. The number of carboxylic acids is 1. The summed E-state index contributed by atoms with van der Waals surface area (Å²) in [5.74, 6) is -0.563. The number of amides is 1. The van der Waals surface area contributed by atoms with Crippen molar-refractivity contribution in [1.82, 2.24) is 10.2 Å². The van der Waals surface area contributed by atoms with Crippen molar-refractivity contribution in [3.05, 3.63) is 23.8 Å². The molecule has 25 heavy (non-hydrogen) atoms. The molecule has 2 atom stereocenters. The van der Waals surface area contributed by atoms with E-state index >= 15 is 0 Å². The van der Waals surface area contributed by atoms with Crippen LogP contribution < -0.4 is 15.0 Å². The maximum atomic E-state index is 12.1. The molecular weight excluding hydrogens is 322 g/mol. The van der Waals surface area contributed by atoms with Gasteiger partial charge in [-0.15, -0.1) is 0 Å². The van der Waals surface area contributed by atoms with Gasteiger partial charge in [0.1, 0.15) is 11.3 Å². The third-order valence-corrected chi connectivity index (χ3v) is 6.01. The number of benzene rings is 1. The van der Waals surface area contributed by atoms with Crippen molar-refractivity contribution in [1.29, 1.82) is 0 Å². The van der Waals surface area contributed by atoms with Crippen molar-refractivity contribution in [3.8, 4) is 5.75 Å². The zero-order chi connectivity index (χ0) is 18.0. The summed E-state index contributed by atoms with van der Waals surface area (Å²) in [4.78, 5) is 27.9. The Kier molecular flexibility index (Phi) is 3.31. The van der Waals surface area contributed by atoms with Crippen LogP contribution in [0.2, 0.25) is 0 Å². The summed E-state index contributed by atoms with van der Waals surface area (Å²) in [7, 11) is 4.22. The number of nitrogens with one attached hydrogen (secondary N) is 1. The molecule has 1 saturated heterocycles. The summed E-state index contributed by atoms with van der Waals surface area (Å²) in [6, 6.07) is 5.66. The van der Waals surface area contributed by atoms with Crippen molar-refractivity contribution in [2.24, 2.45) is 0 Å². The molecule has 7 nitrogen and oxygen atoms in total. The lowest BCUT2D eigenvalue weighted by molar-refractivity contribution is -0.140. The number of fused-ring (bicyclic) bond motifs is 3. The summed E-state index contributed by atoms with van der Waals surface area (Å²) in [6.45, 7) is 3.27. The van der Waals surface area contributed by atoms with E-state index in [4.69, 9.17) is 9.84 Å². The van der Waals surface area contributed by atoms with Gasteiger partial charge in [0.15, 0.2) is 0 Å². The van der Waals surface area contributed by atoms with E-state index in [0.717, 1.165) is 18.7 Å². The second-order valence-electron chi connectivity index (χ2n) is 7.71. The Balaban J connectivity index is 1.56. The first-order valence-electron chi connectivity index (χ1n) is 8.58. The van der Waals surface area contributed by atoms with Crippen LogP contribution in [0.25, 0.3) is 0 Å². The molecule has 4 rings (SSSR count). The van der Waals surface area contributed by atoms with Crippen LogP contribution in [-0.2, 0) is 10.2 Å². The van der Waals surface area contributed by atoms with Crippen LogP contribution in [-0.4, -0.2) is 54.4 Å². The van der Waals surface area contributed by atoms with Gasteiger partial charge in [0.2, 0.25) is 0 Å². The number of carboxylic acid groups (broad SMARTS) is 1. The van der Waals surface area contributed by atoms with Crippen LogP contribution in [0.5, 0.6) is 5.75 Å². The van der Waals surface area contributed by atoms with Crippen molar-refractivity contribution in [2.75, 3.05) is 25.5 Å². The molecule has 1 aromatic carbocycles. The quantitative estimate of drug-likeness (QED) is 0.869. The highest BCUT2D eigenvalue weighted by molar-refractivity contribution is 5.88. The molecule has 1 aromatic rings. The average molecular weight is 345 g/mol. The predicted molar refractivity (Wildman–Crippen MR) is 92.0 cm³/mol. The minimum absolute atomic E-state index is 0.00649. The fourth-order valence-corrected chi connectivity index (χ4v) is 4.46. The van der Waals surface area contributed by atoms with Crippen molar-refractivity contribution < 1.29 is 19.4 Å². The number of anilines is 1. The molecule has 0 aromatic heterocycles. The predicted octanol–water partition coefficient (Wildman–Crippen LogP) is 1.76. The molecule has 2 heterocycles. The van der Waals surface area contributed by atoms with Gasteiger partial charge in [-0.05, 0) is 50.1 Å². The van der Waals surface area contributed by atoms with Crippen molar-refractivity contribution >= 4 is 17.7 Å². The lowest BCUT2D eigenvalue weighted by atomic mass is 9.81. The molecule has 1 saturated carbocycles. The van der Waals surface area contributed by atoms with Crippen LogP contribution in [0, 0.1) is 0 Å². The van der Waals surface area contributed by atoms with Gasteiger partial charge in [0.05, 0.1) is 6.17 Å². The Morgan fingerprint density at radius 2 is 2.00 bits per heavy atom. The number of likely N-dealkylation sites (N-methyl/N-ethyl adjacent to an activating group) is 2. The van der Waals surface area contributed by atoms with E-state index < -0.39 is 17.6 Å². The van der Waals surface area contributed by atoms with Gasteiger partial charge in [-0.1, -0.05) is 6.92 Å². The van der Waals surface area contributed by atoms with E-state index in [2.05, 4.69) is 36.1 Å². The van der Waals surface area contributed by atoms with E-state index in [1.165, 1.54) is 5.56 Å². The minimum atomic E-state index is -1.14. The summed E-state index contributed by atoms with van der Waals surface area (Å²) in [6.07, 6.45) is 1.52. The highest BCUT2D eigenvalue weighted by Gasteiger charge is 2.53. The number of rotatable bonds is 3. The smallest absolute Gasteiger partial charge is 0.413 e. The topological polar surface area (TPSA) is 82.1 Å². The third kappa shape index (κ3) is 2.29. The van der Waals surface area contributed by atoms with E-state index in [-0.39, 0.29) is 5.41 Å². The van der Waals surface area contributed by atoms with Gasteiger partial charge in [-0.2, -0.15) is 0 Å². The van der Waals surface area contributed by atoms with Crippen molar-refractivity contribution in [2.45, 2.75) is 43.3 Å². The molecule has 2 aliphatic heterocycles. The Labute approximate surface area is 146 Å². The highest BCUT2D eigenvalue weighted by atomic mass is 16.6. The molecule has 1 amide bonds. The normalized spacial score (nSPS) is 29.1. The molecule has 2 N–H and O–H groups in total. The van der Waals surface area contributed by atoms with Crippen LogP contribution >= 0.6 is 0 Å². The maximum Gasteiger partial charge on any atom is 0.413 e. The second-order valence-corrected chi connectivity index (χ2v) is 7.71. The Hall–Kier alpha value is -2.28. The number of hydrogen-bond acceptors (Lipinski definition) is 5. The highest BCUT2D eigenvalue weighted by Crippen LogP contribution is 2.51. The van der Waals surface area contributed by atoms with Gasteiger partial charge in [-0.3, -0.25) is 4.90 Å². The summed E-state index contributed by atoms with van der Waals surface area (Å²) in [5, 5.41) is 11.6. The number of ether oxygens (including phenoxy) is 1. The average Bonchev–Trinajstić information content (AvgIpc) is 3.21. The molecular formula is C18H23N3O4. The molecule has 1 aliphatic carbocycles. The number of hydrogen-bond donors (Lipinski definition) is 2. The van der Waals surface area contributed by atoms with Crippen molar-refractivity contribution in [3.63, 3.8) is 0 Å². The molecule has 0 spiro atoms. The van der Waals surface area contributed by atoms with E-state index in [1.807, 2.05) is 12.1 Å².